The quantitative estimate of drug-likeness (QED) is 0.564. The number of halogens is 1. The lowest BCUT2D eigenvalue weighted by Crippen LogP contribution is -2.29. The molecule has 1 amide bonds. The number of amides is 1. The van der Waals surface area contributed by atoms with Crippen LogP contribution in [-0.4, -0.2) is 26.3 Å². The van der Waals surface area contributed by atoms with Gasteiger partial charge in [0.15, 0.2) is 0 Å². The monoisotopic (exact) mass is 442 g/mol. The molecule has 1 unspecified atom stereocenters. The molecule has 3 aromatic rings. The van der Waals surface area contributed by atoms with Crippen molar-refractivity contribution < 1.29 is 13.2 Å². The van der Waals surface area contributed by atoms with Crippen LogP contribution < -0.4 is 4.72 Å². The SMILES string of the molecule is Cc1ccccc1NS(=O)(=O)c1ccc(C(=O)N(C)C(C)c2ccc(Cl)cc2)cc1. The van der Waals surface area contributed by atoms with Crippen molar-refractivity contribution in [1.29, 1.82) is 0 Å². The molecule has 0 spiro atoms. The fourth-order valence-corrected chi connectivity index (χ4v) is 4.27. The largest absolute Gasteiger partial charge is 0.335 e. The second-order valence-electron chi connectivity index (χ2n) is 7.09. The second kappa shape index (κ2) is 8.90. The van der Waals surface area contributed by atoms with Crippen LogP contribution in [0.25, 0.3) is 0 Å². The summed E-state index contributed by atoms with van der Waals surface area (Å²) >= 11 is 5.93. The Kier molecular flexibility index (Phi) is 6.48. The molecule has 0 aliphatic heterocycles. The third-order valence-corrected chi connectivity index (χ3v) is 6.69. The molecule has 0 radical (unpaired) electrons. The van der Waals surface area contributed by atoms with E-state index in [0.717, 1.165) is 11.1 Å². The Morgan fingerprint density at radius 3 is 2.17 bits per heavy atom. The molecular weight excluding hydrogens is 420 g/mol. The molecular formula is C23H23ClN2O3S. The zero-order valence-corrected chi connectivity index (χ0v) is 18.5. The third-order valence-electron chi connectivity index (χ3n) is 5.05. The van der Waals surface area contributed by atoms with Gasteiger partial charge in [-0.25, -0.2) is 8.42 Å². The highest BCUT2D eigenvalue weighted by atomic mass is 35.5. The van der Waals surface area contributed by atoms with Gasteiger partial charge in [0.1, 0.15) is 0 Å². The summed E-state index contributed by atoms with van der Waals surface area (Å²) in [5, 5.41) is 0.635. The Labute approximate surface area is 182 Å². The number of nitrogens with one attached hydrogen (secondary N) is 1. The number of hydrogen-bond acceptors (Lipinski definition) is 3. The number of rotatable bonds is 6. The number of aryl methyl sites for hydroxylation is 1. The first-order valence-electron chi connectivity index (χ1n) is 9.40. The Morgan fingerprint density at radius 2 is 1.57 bits per heavy atom. The number of benzene rings is 3. The summed E-state index contributed by atoms with van der Waals surface area (Å²) in [7, 11) is -2.04. The van der Waals surface area contributed by atoms with E-state index in [-0.39, 0.29) is 16.8 Å². The van der Waals surface area contributed by atoms with Crippen molar-refractivity contribution in [3.63, 3.8) is 0 Å². The van der Waals surface area contributed by atoms with E-state index in [9.17, 15) is 13.2 Å². The van der Waals surface area contributed by atoms with Gasteiger partial charge in [-0.2, -0.15) is 0 Å². The number of nitrogens with zero attached hydrogens (tertiary/aromatic N) is 1. The van der Waals surface area contributed by atoms with E-state index < -0.39 is 10.0 Å². The van der Waals surface area contributed by atoms with Crippen LogP contribution in [0.15, 0.2) is 77.7 Å². The van der Waals surface area contributed by atoms with Crippen LogP contribution in [0.3, 0.4) is 0 Å². The number of para-hydroxylation sites is 1. The van der Waals surface area contributed by atoms with Gasteiger partial charge < -0.3 is 4.90 Å². The molecule has 3 aromatic carbocycles. The smallest absolute Gasteiger partial charge is 0.261 e. The van der Waals surface area contributed by atoms with Gasteiger partial charge in [-0.15, -0.1) is 0 Å². The van der Waals surface area contributed by atoms with Crippen LogP contribution >= 0.6 is 11.6 Å². The van der Waals surface area contributed by atoms with Crippen molar-refractivity contribution in [3.05, 3.63) is 94.5 Å². The summed E-state index contributed by atoms with van der Waals surface area (Å²) in [6, 6.07) is 20.2. The van der Waals surface area contributed by atoms with Crippen LogP contribution in [0, 0.1) is 6.92 Å². The van der Waals surface area contributed by atoms with Crippen LogP contribution in [0.5, 0.6) is 0 Å². The minimum Gasteiger partial charge on any atom is -0.335 e. The van der Waals surface area contributed by atoms with E-state index in [1.807, 2.05) is 38.1 Å². The van der Waals surface area contributed by atoms with Crippen LogP contribution in [-0.2, 0) is 10.0 Å². The molecule has 0 aliphatic rings. The summed E-state index contributed by atoms with van der Waals surface area (Å²) in [6.45, 7) is 3.75. The molecule has 3 rings (SSSR count). The van der Waals surface area contributed by atoms with Crippen LogP contribution in [0.1, 0.15) is 34.5 Å². The van der Waals surface area contributed by atoms with Gasteiger partial charge in [-0.1, -0.05) is 41.9 Å². The minimum absolute atomic E-state index is 0.0932. The average molecular weight is 443 g/mol. The number of anilines is 1. The number of carbonyl (C=O) groups is 1. The first kappa shape index (κ1) is 21.9. The van der Waals surface area contributed by atoms with Gasteiger partial charge in [-0.05, 0) is 67.4 Å². The standard InChI is InChI=1S/C23H23ClN2O3S/c1-16-6-4-5-7-22(16)25-30(28,29)21-14-10-19(11-15-21)23(27)26(3)17(2)18-8-12-20(24)13-9-18/h4-15,17,25H,1-3H3. The fourth-order valence-electron chi connectivity index (χ4n) is 3.01. The van der Waals surface area contributed by atoms with Gasteiger partial charge in [0.25, 0.3) is 15.9 Å². The molecule has 5 nitrogen and oxygen atoms in total. The maximum absolute atomic E-state index is 12.9. The van der Waals surface area contributed by atoms with Crippen LogP contribution in [0.2, 0.25) is 5.02 Å². The summed E-state index contributed by atoms with van der Waals surface area (Å²) in [4.78, 5) is 14.6. The van der Waals surface area contributed by atoms with Crippen molar-refractivity contribution >= 4 is 33.2 Å². The predicted octanol–water partition coefficient (Wildman–Crippen LogP) is 5.28. The summed E-state index contributed by atoms with van der Waals surface area (Å²) in [5.41, 5.74) is 2.71. The molecule has 0 heterocycles. The molecule has 0 bridgehead atoms. The summed E-state index contributed by atoms with van der Waals surface area (Å²) in [5.74, 6) is -0.201. The molecule has 0 aliphatic carbocycles. The van der Waals surface area contributed by atoms with E-state index in [4.69, 9.17) is 11.6 Å². The average Bonchev–Trinajstić information content (AvgIpc) is 2.74. The van der Waals surface area contributed by atoms with E-state index >= 15 is 0 Å². The van der Waals surface area contributed by atoms with E-state index in [1.54, 1.807) is 36.2 Å². The molecule has 7 heteroatoms. The second-order valence-corrected chi connectivity index (χ2v) is 9.21. The summed E-state index contributed by atoms with van der Waals surface area (Å²) < 4.78 is 27.9. The van der Waals surface area contributed by atoms with E-state index in [2.05, 4.69) is 4.72 Å². The highest BCUT2D eigenvalue weighted by Crippen LogP contribution is 2.24. The predicted molar refractivity (Wildman–Crippen MR) is 120 cm³/mol. The Hall–Kier alpha value is -2.83. The van der Waals surface area contributed by atoms with Crippen molar-refractivity contribution in [2.45, 2.75) is 24.8 Å². The Balaban J connectivity index is 1.76. The Bertz CT molecular complexity index is 1140. The first-order chi connectivity index (χ1) is 14.2. The first-order valence-corrected chi connectivity index (χ1v) is 11.3. The molecule has 1 atom stereocenters. The van der Waals surface area contributed by atoms with Gasteiger partial charge >= 0.3 is 0 Å². The lowest BCUT2D eigenvalue weighted by Gasteiger charge is -2.25. The summed E-state index contributed by atoms with van der Waals surface area (Å²) in [6.07, 6.45) is 0. The number of sulfonamides is 1. The molecule has 0 fully saturated rings. The normalized spacial score (nSPS) is 12.3. The number of hydrogen-bond donors (Lipinski definition) is 1. The highest BCUT2D eigenvalue weighted by Gasteiger charge is 2.20. The van der Waals surface area contributed by atoms with Crippen molar-refractivity contribution in [2.24, 2.45) is 0 Å². The highest BCUT2D eigenvalue weighted by molar-refractivity contribution is 7.92. The Morgan fingerprint density at radius 1 is 0.967 bits per heavy atom. The lowest BCUT2D eigenvalue weighted by atomic mass is 10.1. The fraction of sp³-hybridized carbons (Fsp3) is 0.174. The maximum atomic E-state index is 12.9. The molecule has 0 saturated carbocycles. The minimum atomic E-state index is -3.75. The van der Waals surface area contributed by atoms with E-state index in [0.29, 0.717) is 16.3 Å². The van der Waals surface area contributed by atoms with Gasteiger partial charge in [0.05, 0.1) is 16.6 Å². The number of carbonyl (C=O) groups excluding carboxylic acids is 1. The molecule has 156 valence electrons. The molecule has 0 aromatic heterocycles. The van der Waals surface area contributed by atoms with Crippen molar-refractivity contribution in [2.75, 3.05) is 11.8 Å². The van der Waals surface area contributed by atoms with Gasteiger partial charge in [0, 0.05) is 17.6 Å². The van der Waals surface area contributed by atoms with Crippen LogP contribution in [0.4, 0.5) is 5.69 Å². The van der Waals surface area contributed by atoms with E-state index in [1.165, 1.54) is 24.3 Å². The van der Waals surface area contributed by atoms with Crippen molar-refractivity contribution in [3.8, 4) is 0 Å². The zero-order valence-electron chi connectivity index (χ0n) is 17.0. The van der Waals surface area contributed by atoms with Gasteiger partial charge in [0.2, 0.25) is 0 Å². The zero-order chi connectivity index (χ0) is 21.9. The maximum Gasteiger partial charge on any atom is 0.261 e. The molecule has 1 N–H and O–H groups in total. The molecule has 0 saturated heterocycles. The molecule has 30 heavy (non-hydrogen) atoms. The van der Waals surface area contributed by atoms with Crippen molar-refractivity contribution in [1.82, 2.24) is 4.90 Å². The third kappa shape index (κ3) is 4.83. The lowest BCUT2D eigenvalue weighted by molar-refractivity contribution is 0.0742. The van der Waals surface area contributed by atoms with Gasteiger partial charge in [-0.3, -0.25) is 9.52 Å². The topological polar surface area (TPSA) is 66.5 Å².